The number of nitrogens with zero attached hydrogens (tertiary/aromatic N) is 2. The number of carbonyl (C=O) groups is 1. The maximum Gasteiger partial charge on any atom is 0.289 e. The third kappa shape index (κ3) is 5.65. The van der Waals surface area contributed by atoms with E-state index in [1.54, 1.807) is 19.4 Å². The first-order chi connectivity index (χ1) is 16.1. The van der Waals surface area contributed by atoms with Crippen LogP contribution in [0.3, 0.4) is 0 Å². The molecule has 3 aromatic carbocycles. The zero-order valence-electron chi connectivity index (χ0n) is 18.4. The second-order valence-corrected chi connectivity index (χ2v) is 7.41. The number of benzene rings is 3. The Morgan fingerprint density at radius 1 is 1.06 bits per heavy atom. The van der Waals surface area contributed by atoms with Crippen LogP contribution in [0.2, 0.25) is 0 Å². The molecule has 4 rings (SSSR count). The van der Waals surface area contributed by atoms with Gasteiger partial charge in [0.05, 0.1) is 19.0 Å². The Balaban J connectivity index is 1.41. The van der Waals surface area contributed by atoms with Crippen molar-refractivity contribution in [3.63, 3.8) is 0 Å². The lowest BCUT2D eigenvalue weighted by Crippen LogP contribution is -2.17. The molecule has 33 heavy (non-hydrogen) atoms. The lowest BCUT2D eigenvalue weighted by Gasteiger charge is -2.10. The fourth-order valence-electron chi connectivity index (χ4n) is 3.14. The largest absolute Gasteiger partial charge is 0.497 e. The Morgan fingerprint density at radius 3 is 2.58 bits per heavy atom. The lowest BCUT2D eigenvalue weighted by atomic mass is 10.1. The number of methoxy groups -OCH3 is 1. The van der Waals surface area contributed by atoms with Gasteiger partial charge in [0, 0.05) is 5.56 Å². The molecule has 0 bridgehead atoms. The molecule has 1 amide bonds. The molecule has 0 spiro atoms. The second-order valence-electron chi connectivity index (χ2n) is 7.41. The molecule has 0 aliphatic carbocycles. The third-order valence-corrected chi connectivity index (χ3v) is 5.00. The number of hydrazone groups is 1. The van der Waals surface area contributed by atoms with Crippen LogP contribution in [0, 0.1) is 6.92 Å². The van der Waals surface area contributed by atoms with Crippen LogP contribution in [0.4, 0.5) is 0 Å². The normalized spacial score (nSPS) is 10.8. The minimum Gasteiger partial charge on any atom is -0.497 e. The molecule has 1 aromatic heterocycles. The molecule has 0 saturated heterocycles. The maximum absolute atomic E-state index is 12.5. The van der Waals surface area contributed by atoms with Gasteiger partial charge in [0.1, 0.15) is 23.8 Å². The van der Waals surface area contributed by atoms with Gasteiger partial charge < -0.3 is 9.47 Å². The van der Waals surface area contributed by atoms with Gasteiger partial charge in [-0.25, -0.2) is 5.43 Å². The van der Waals surface area contributed by atoms with Gasteiger partial charge in [-0.3, -0.25) is 9.89 Å². The van der Waals surface area contributed by atoms with E-state index in [1.807, 2.05) is 60.7 Å². The number of nitrogens with one attached hydrogen (secondary N) is 2. The van der Waals surface area contributed by atoms with Gasteiger partial charge in [-0.2, -0.15) is 10.2 Å². The molecule has 2 N–H and O–H groups in total. The minimum atomic E-state index is -0.392. The van der Waals surface area contributed by atoms with Crippen LogP contribution < -0.4 is 14.9 Å². The summed E-state index contributed by atoms with van der Waals surface area (Å²) in [5.41, 5.74) is 7.32. The molecule has 7 nitrogen and oxygen atoms in total. The monoisotopic (exact) mass is 440 g/mol. The number of aromatic nitrogens is 2. The van der Waals surface area contributed by atoms with Gasteiger partial charge in [-0.1, -0.05) is 42.0 Å². The average Bonchev–Trinajstić information content (AvgIpc) is 3.35. The number of aryl methyl sites for hydroxylation is 1. The van der Waals surface area contributed by atoms with E-state index in [9.17, 15) is 4.79 Å². The van der Waals surface area contributed by atoms with Gasteiger partial charge in [-0.05, 0) is 60.5 Å². The first-order valence-corrected chi connectivity index (χ1v) is 10.4. The number of amides is 1. The average molecular weight is 441 g/mol. The molecule has 0 fully saturated rings. The summed E-state index contributed by atoms with van der Waals surface area (Å²) >= 11 is 0. The molecule has 0 atom stereocenters. The molecular weight excluding hydrogens is 416 g/mol. The van der Waals surface area contributed by atoms with E-state index in [0.29, 0.717) is 23.7 Å². The van der Waals surface area contributed by atoms with Crippen molar-refractivity contribution in [3.05, 3.63) is 101 Å². The van der Waals surface area contributed by atoms with Crippen LogP contribution in [-0.4, -0.2) is 29.4 Å². The predicted octanol–water partition coefficient (Wildman–Crippen LogP) is 4.74. The summed E-state index contributed by atoms with van der Waals surface area (Å²) in [4.78, 5) is 12.5. The van der Waals surface area contributed by atoms with Crippen molar-refractivity contribution >= 4 is 12.1 Å². The van der Waals surface area contributed by atoms with Gasteiger partial charge in [-0.15, -0.1) is 0 Å². The third-order valence-electron chi connectivity index (χ3n) is 5.00. The molecule has 0 aliphatic heterocycles. The Labute approximate surface area is 192 Å². The molecule has 4 aromatic rings. The number of hydrogen-bond donors (Lipinski definition) is 2. The second kappa shape index (κ2) is 10.3. The summed E-state index contributed by atoms with van der Waals surface area (Å²) in [6, 6.07) is 24.8. The van der Waals surface area contributed by atoms with Crippen molar-refractivity contribution in [1.29, 1.82) is 0 Å². The molecule has 0 aliphatic rings. The smallest absolute Gasteiger partial charge is 0.289 e. The van der Waals surface area contributed by atoms with Crippen molar-refractivity contribution in [1.82, 2.24) is 15.6 Å². The van der Waals surface area contributed by atoms with Crippen LogP contribution >= 0.6 is 0 Å². The number of aromatic amines is 1. The molecule has 7 heteroatoms. The van der Waals surface area contributed by atoms with E-state index >= 15 is 0 Å². The molecule has 166 valence electrons. The zero-order chi connectivity index (χ0) is 23.0. The number of H-pyrrole nitrogens is 1. The predicted molar refractivity (Wildman–Crippen MR) is 128 cm³/mol. The van der Waals surface area contributed by atoms with Crippen molar-refractivity contribution in [2.24, 2.45) is 5.10 Å². The molecule has 0 saturated carbocycles. The summed E-state index contributed by atoms with van der Waals surface area (Å²) in [5, 5.41) is 11.1. The van der Waals surface area contributed by atoms with Crippen molar-refractivity contribution in [3.8, 4) is 22.8 Å². The summed E-state index contributed by atoms with van der Waals surface area (Å²) in [6.07, 6.45) is 1.56. The van der Waals surface area contributed by atoms with Gasteiger partial charge in [0.15, 0.2) is 0 Å². The fourth-order valence-corrected chi connectivity index (χ4v) is 3.14. The van der Waals surface area contributed by atoms with Crippen molar-refractivity contribution < 1.29 is 14.3 Å². The number of carbonyl (C=O) groups excluding carboxylic acids is 1. The minimum absolute atomic E-state index is 0.296. The SMILES string of the molecule is COc1ccc(C=NNC(=O)c2cc(-c3ccccc3OCc3ccc(C)cc3)n[nH]2)cc1. The lowest BCUT2D eigenvalue weighted by molar-refractivity contribution is 0.0950. The molecule has 1 heterocycles. The van der Waals surface area contributed by atoms with Gasteiger partial charge >= 0.3 is 0 Å². The Hall–Kier alpha value is -4.39. The van der Waals surface area contributed by atoms with Crippen LogP contribution in [0.5, 0.6) is 11.5 Å². The van der Waals surface area contributed by atoms with Crippen LogP contribution in [0.25, 0.3) is 11.3 Å². The standard InChI is InChI=1S/C26H24N4O3/c1-18-7-9-20(10-8-18)17-33-25-6-4-3-5-22(25)23-15-24(29-28-23)26(31)30-27-16-19-11-13-21(32-2)14-12-19/h3-16H,17H2,1-2H3,(H,28,29)(H,30,31). The summed E-state index contributed by atoms with van der Waals surface area (Å²) < 4.78 is 11.2. The number of ether oxygens (including phenoxy) is 2. The Kier molecular flexibility index (Phi) is 6.80. The van der Waals surface area contributed by atoms with Crippen LogP contribution in [0.1, 0.15) is 27.2 Å². The molecule has 0 radical (unpaired) electrons. The summed E-state index contributed by atoms with van der Waals surface area (Å²) in [7, 11) is 1.61. The highest BCUT2D eigenvalue weighted by Gasteiger charge is 2.14. The van der Waals surface area contributed by atoms with Gasteiger partial charge in [0.2, 0.25) is 0 Å². The highest BCUT2D eigenvalue weighted by Crippen LogP contribution is 2.29. The fraction of sp³-hybridized carbons (Fsp3) is 0.115. The topological polar surface area (TPSA) is 88.6 Å². The van der Waals surface area contributed by atoms with Crippen molar-refractivity contribution in [2.75, 3.05) is 7.11 Å². The first-order valence-electron chi connectivity index (χ1n) is 10.4. The first kappa shape index (κ1) is 21.8. The van der Waals surface area contributed by atoms with E-state index in [-0.39, 0.29) is 0 Å². The highest BCUT2D eigenvalue weighted by atomic mass is 16.5. The van der Waals surface area contributed by atoms with Crippen molar-refractivity contribution in [2.45, 2.75) is 13.5 Å². The van der Waals surface area contributed by atoms with E-state index in [0.717, 1.165) is 22.4 Å². The Bertz CT molecular complexity index is 1250. The summed E-state index contributed by atoms with van der Waals surface area (Å²) in [5.74, 6) is 1.05. The quantitative estimate of drug-likeness (QED) is 0.306. The highest BCUT2D eigenvalue weighted by molar-refractivity contribution is 5.94. The van der Waals surface area contributed by atoms with E-state index in [4.69, 9.17) is 9.47 Å². The van der Waals surface area contributed by atoms with Crippen LogP contribution in [-0.2, 0) is 6.61 Å². The van der Waals surface area contributed by atoms with E-state index in [2.05, 4.69) is 39.8 Å². The number of rotatable bonds is 8. The van der Waals surface area contributed by atoms with Gasteiger partial charge in [0.25, 0.3) is 5.91 Å². The molecular formula is C26H24N4O3. The zero-order valence-corrected chi connectivity index (χ0v) is 18.4. The van der Waals surface area contributed by atoms with E-state index in [1.165, 1.54) is 5.56 Å². The maximum atomic E-state index is 12.5. The Morgan fingerprint density at radius 2 is 1.82 bits per heavy atom. The number of hydrogen-bond acceptors (Lipinski definition) is 5. The van der Waals surface area contributed by atoms with E-state index < -0.39 is 5.91 Å². The van der Waals surface area contributed by atoms with Crippen LogP contribution in [0.15, 0.2) is 84.0 Å². The number of para-hydroxylation sites is 1. The summed E-state index contributed by atoms with van der Waals surface area (Å²) in [6.45, 7) is 2.49. The molecule has 0 unspecified atom stereocenters.